The molecule has 5 nitrogen and oxygen atoms in total. The zero-order valence-electron chi connectivity index (χ0n) is 13.5. The molecule has 2 aromatic rings. The molecule has 0 saturated carbocycles. The van der Waals surface area contributed by atoms with Gasteiger partial charge in [0.1, 0.15) is 11.9 Å². The first-order valence-corrected chi connectivity index (χ1v) is 7.41. The van der Waals surface area contributed by atoms with Crippen molar-refractivity contribution < 1.29 is 9.13 Å². The second-order valence-electron chi connectivity index (χ2n) is 5.00. The van der Waals surface area contributed by atoms with Crippen molar-refractivity contribution in [3.8, 4) is 0 Å². The smallest absolute Gasteiger partial charge is 0.188 e. The van der Waals surface area contributed by atoms with Crippen LogP contribution in [-0.2, 0) is 11.2 Å². The highest BCUT2D eigenvalue weighted by molar-refractivity contribution is 14.0. The van der Waals surface area contributed by atoms with Crippen molar-refractivity contribution in [2.24, 2.45) is 10.7 Å². The summed E-state index contributed by atoms with van der Waals surface area (Å²) in [5.74, 6) is 0.0768. The maximum Gasteiger partial charge on any atom is 0.188 e. The third-order valence-electron chi connectivity index (χ3n) is 3.37. The average molecular weight is 444 g/mol. The lowest BCUT2D eigenvalue weighted by atomic mass is 10.1. The first-order chi connectivity index (χ1) is 11.2. The van der Waals surface area contributed by atoms with E-state index in [0.29, 0.717) is 19.0 Å². The van der Waals surface area contributed by atoms with E-state index in [9.17, 15) is 4.39 Å². The van der Waals surface area contributed by atoms with Crippen LogP contribution < -0.4 is 11.1 Å². The fraction of sp³-hybridized carbons (Fsp3) is 0.294. The lowest BCUT2D eigenvalue weighted by Crippen LogP contribution is -2.33. The predicted octanol–water partition coefficient (Wildman–Crippen LogP) is 2.67. The number of pyridine rings is 1. The molecular weight excluding hydrogens is 422 g/mol. The number of ether oxygens (including phenoxy) is 1. The van der Waals surface area contributed by atoms with Crippen LogP contribution in [0.4, 0.5) is 4.39 Å². The summed E-state index contributed by atoms with van der Waals surface area (Å²) in [7, 11) is 1.59. The minimum Gasteiger partial charge on any atom is -0.375 e. The van der Waals surface area contributed by atoms with Crippen LogP contribution in [-0.4, -0.2) is 31.1 Å². The molecule has 1 heterocycles. The molecule has 7 heteroatoms. The van der Waals surface area contributed by atoms with E-state index in [1.165, 1.54) is 12.1 Å². The van der Waals surface area contributed by atoms with E-state index in [2.05, 4.69) is 15.3 Å². The molecular formula is C17H22FIN4O. The highest BCUT2D eigenvalue weighted by atomic mass is 127. The number of rotatable bonds is 7. The van der Waals surface area contributed by atoms with Crippen LogP contribution in [0.15, 0.2) is 53.7 Å². The molecule has 0 spiro atoms. The number of nitrogens with two attached hydrogens (primary N) is 1. The number of hydrogen-bond donors (Lipinski definition) is 2. The van der Waals surface area contributed by atoms with Gasteiger partial charge in [0.05, 0.1) is 6.54 Å². The molecule has 130 valence electrons. The largest absolute Gasteiger partial charge is 0.375 e. The monoisotopic (exact) mass is 444 g/mol. The minimum atomic E-state index is -0.275. The van der Waals surface area contributed by atoms with E-state index in [4.69, 9.17) is 10.5 Å². The number of aromatic nitrogens is 1. The Morgan fingerprint density at radius 2 is 2.04 bits per heavy atom. The maximum atomic E-state index is 12.9. The Labute approximate surface area is 158 Å². The summed E-state index contributed by atoms with van der Waals surface area (Å²) < 4.78 is 18.3. The molecule has 0 aliphatic rings. The van der Waals surface area contributed by atoms with Crippen molar-refractivity contribution >= 4 is 29.9 Å². The number of halogens is 2. The van der Waals surface area contributed by atoms with Crippen molar-refractivity contribution in [1.29, 1.82) is 0 Å². The van der Waals surface area contributed by atoms with Crippen molar-refractivity contribution in [2.45, 2.75) is 12.5 Å². The van der Waals surface area contributed by atoms with Gasteiger partial charge in [-0.2, -0.15) is 0 Å². The Morgan fingerprint density at radius 1 is 1.29 bits per heavy atom. The highest BCUT2D eigenvalue weighted by Gasteiger charge is 2.10. The SMILES string of the molecule is COC(CN=C(N)NCCc1ccccn1)c1ccc(F)cc1.I. The van der Waals surface area contributed by atoms with Crippen molar-refractivity contribution in [1.82, 2.24) is 10.3 Å². The predicted molar refractivity (Wildman–Crippen MR) is 104 cm³/mol. The molecule has 0 aliphatic heterocycles. The number of benzene rings is 1. The second kappa shape index (κ2) is 10.9. The van der Waals surface area contributed by atoms with Crippen LogP contribution in [0.2, 0.25) is 0 Å². The molecule has 0 fully saturated rings. The van der Waals surface area contributed by atoms with Gasteiger partial charge in [0, 0.05) is 32.0 Å². The van der Waals surface area contributed by atoms with Crippen LogP contribution in [0.1, 0.15) is 17.4 Å². The average Bonchev–Trinajstić information content (AvgIpc) is 2.58. The number of aliphatic imine (C=N–C) groups is 1. The van der Waals surface area contributed by atoms with Crippen LogP contribution >= 0.6 is 24.0 Å². The number of methoxy groups -OCH3 is 1. The minimum absolute atomic E-state index is 0. The Kier molecular flexibility index (Phi) is 9.24. The van der Waals surface area contributed by atoms with Crippen molar-refractivity contribution in [3.05, 3.63) is 65.7 Å². The van der Waals surface area contributed by atoms with E-state index in [0.717, 1.165) is 17.7 Å². The first-order valence-electron chi connectivity index (χ1n) is 7.41. The fourth-order valence-electron chi connectivity index (χ4n) is 2.10. The molecule has 0 radical (unpaired) electrons. The molecule has 0 aliphatic carbocycles. The summed E-state index contributed by atoms with van der Waals surface area (Å²) in [5.41, 5.74) is 7.70. The van der Waals surface area contributed by atoms with E-state index < -0.39 is 0 Å². The summed E-state index contributed by atoms with van der Waals surface area (Å²) in [6.45, 7) is 1.02. The van der Waals surface area contributed by atoms with Crippen molar-refractivity contribution in [3.63, 3.8) is 0 Å². The van der Waals surface area contributed by atoms with Gasteiger partial charge in [-0.05, 0) is 29.8 Å². The molecule has 3 N–H and O–H groups in total. The molecule has 2 rings (SSSR count). The Balaban J connectivity index is 0.00000288. The van der Waals surface area contributed by atoms with Crippen LogP contribution in [0, 0.1) is 5.82 Å². The second-order valence-corrected chi connectivity index (χ2v) is 5.00. The van der Waals surface area contributed by atoms with Crippen molar-refractivity contribution in [2.75, 3.05) is 20.2 Å². The summed E-state index contributed by atoms with van der Waals surface area (Å²) in [4.78, 5) is 8.51. The van der Waals surface area contributed by atoms with Gasteiger partial charge in [0.15, 0.2) is 5.96 Å². The van der Waals surface area contributed by atoms with Gasteiger partial charge in [-0.3, -0.25) is 9.98 Å². The lowest BCUT2D eigenvalue weighted by molar-refractivity contribution is 0.111. The number of guanidine groups is 1. The summed E-state index contributed by atoms with van der Waals surface area (Å²) in [6, 6.07) is 12.0. The van der Waals surface area contributed by atoms with E-state index >= 15 is 0 Å². The molecule has 0 amide bonds. The Bertz CT molecular complexity index is 622. The molecule has 0 bridgehead atoms. The van der Waals surface area contributed by atoms with Gasteiger partial charge in [0.25, 0.3) is 0 Å². The summed E-state index contributed by atoms with van der Waals surface area (Å²) in [6.07, 6.45) is 2.27. The molecule has 1 aromatic carbocycles. The number of nitrogens with zero attached hydrogens (tertiary/aromatic N) is 2. The maximum absolute atomic E-state index is 12.9. The number of nitrogens with one attached hydrogen (secondary N) is 1. The highest BCUT2D eigenvalue weighted by Crippen LogP contribution is 2.17. The normalized spacial score (nSPS) is 12.3. The molecule has 1 unspecified atom stereocenters. The molecule has 1 atom stereocenters. The van der Waals surface area contributed by atoms with Crippen LogP contribution in [0.25, 0.3) is 0 Å². The zero-order valence-corrected chi connectivity index (χ0v) is 15.8. The fourth-order valence-corrected chi connectivity index (χ4v) is 2.10. The number of hydrogen-bond acceptors (Lipinski definition) is 3. The molecule has 1 aromatic heterocycles. The van der Waals surface area contributed by atoms with Gasteiger partial charge >= 0.3 is 0 Å². The third-order valence-corrected chi connectivity index (χ3v) is 3.37. The van der Waals surface area contributed by atoms with Crippen LogP contribution in [0.3, 0.4) is 0 Å². The van der Waals surface area contributed by atoms with E-state index in [1.807, 2.05) is 18.2 Å². The Hall–Kier alpha value is -1.74. The molecule has 24 heavy (non-hydrogen) atoms. The zero-order chi connectivity index (χ0) is 16.5. The molecule has 0 saturated heterocycles. The summed E-state index contributed by atoms with van der Waals surface area (Å²) >= 11 is 0. The van der Waals surface area contributed by atoms with E-state index in [1.54, 1.807) is 25.4 Å². The lowest BCUT2D eigenvalue weighted by Gasteiger charge is -2.14. The van der Waals surface area contributed by atoms with Gasteiger partial charge in [-0.15, -0.1) is 24.0 Å². The van der Waals surface area contributed by atoms with E-state index in [-0.39, 0.29) is 35.9 Å². The van der Waals surface area contributed by atoms with Gasteiger partial charge in [-0.25, -0.2) is 4.39 Å². The van der Waals surface area contributed by atoms with Gasteiger partial charge < -0.3 is 15.8 Å². The standard InChI is InChI=1S/C17H21FN4O.HI/c1-23-16(13-5-7-14(18)8-6-13)12-22-17(19)21-11-9-15-4-2-3-10-20-15;/h2-8,10,16H,9,11-12H2,1H3,(H3,19,21,22);1H. The van der Waals surface area contributed by atoms with Gasteiger partial charge in [0.2, 0.25) is 0 Å². The summed E-state index contributed by atoms with van der Waals surface area (Å²) in [5, 5.41) is 3.04. The quantitative estimate of drug-likeness (QED) is 0.392. The first kappa shape index (κ1) is 20.3. The Morgan fingerprint density at radius 3 is 2.67 bits per heavy atom. The van der Waals surface area contributed by atoms with Crippen LogP contribution in [0.5, 0.6) is 0 Å². The van der Waals surface area contributed by atoms with Gasteiger partial charge in [-0.1, -0.05) is 18.2 Å². The third kappa shape index (κ3) is 6.79. The topological polar surface area (TPSA) is 72.5 Å².